The fraction of sp³-hybridized carbons (Fsp3) is 0.375. The van der Waals surface area contributed by atoms with Crippen molar-refractivity contribution < 1.29 is 13.9 Å². The molecule has 2 aromatic heterocycles. The summed E-state index contributed by atoms with van der Waals surface area (Å²) in [4.78, 5) is 23.2. The lowest BCUT2D eigenvalue weighted by molar-refractivity contribution is 0.0714. The second-order valence-electron chi connectivity index (χ2n) is 8.18. The van der Waals surface area contributed by atoms with Crippen LogP contribution < -0.4 is 9.64 Å². The molecule has 1 saturated heterocycles. The van der Waals surface area contributed by atoms with Crippen molar-refractivity contribution in [1.29, 1.82) is 5.26 Å². The molecule has 0 unspecified atom stereocenters. The van der Waals surface area contributed by atoms with E-state index in [0.717, 1.165) is 24.0 Å². The van der Waals surface area contributed by atoms with E-state index in [4.69, 9.17) is 20.8 Å². The van der Waals surface area contributed by atoms with Crippen LogP contribution in [-0.2, 0) is 0 Å². The Kier molecular flexibility index (Phi) is 7.02. The van der Waals surface area contributed by atoms with E-state index < -0.39 is 0 Å². The number of furan rings is 1. The van der Waals surface area contributed by atoms with Crippen molar-refractivity contribution in [3.63, 3.8) is 0 Å². The second kappa shape index (κ2) is 10.1. The van der Waals surface area contributed by atoms with Crippen LogP contribution in [0.4, 0.5) is 5.69 Å². The molecule has 0 atom stereocenters. The monoisotopic (exact) mass is 467 g/mol. The highest BCUT2D eigenvalue weighted by Crippen LogP contribution is 2.37. The van der Waals surface area contributed by atoms with E-state index >= 15 is 0 Å². The lowest BCUT2D eigenvalue weighted by atomic mass is 10.1. The molecule has 1 aliphatic rings. The average molecular weight is 468 g/mol. The SMILES string of the molecule is CN(C)CCCOc1nc2ccc(Cl)cc2c(N2CCN(C(=O)c3ccco3)CC2)c1C#N. The quantitative estimate of drug-likeness (QED) is 0.490. The van der Waals surface area contributed by atoms with Crippen LogP contribution in [0.5, 0.6) is 5.88 Å². The average Bonchev–Trinajstić information content (AvgIpc) is 3.35. The van der Waals surface area contributed by atoms with E-state index in [1.807, 2.05) is 26.2 Å². The molecular weight excluding hydrogens is 442 g/mol. The van der Waals surface area contributed by atoms with E-state index in [0.29, 0.717) is 60.5 Å². The van der Waals surface area contributed by atoms with Gasteiger partial charge in [0.15, 0.2) is 5.76 Å². The van der Waals surface area contributed by atoms with Crippen LogP contribution in [0.25, 0.3) is 10.9 Å². The van der Waals surface area contributed by atoms with Gasteiger partial charge in [0, 0.05) is 43.1 Å². The van der Waals surface area contributed by atoms with Crippen LogP contribution in [-0.4, -0.2) is 74.1 Å². The van der Waals surface area contributed by atoms with Crippen molar-refractivity contribution in [3.05, 3.63) is 52.9 Å². The fourth-order valence-corrected chi connectivity index (χ4v) is 4.14. The molecule has 0 spiro atoms. The molecule has 1 amide bonds. The van der Waals surface area contributed by atoms with Crippen LogP contribution >= 0.6 is 11.6 Å². The molecule has 3 aromatic rings. The minimum atomic E-state index is -0.132. The minimum Gasteiger partial charge on any atom is -0.477 e. The molecule has 33 heavy (non-hydrogen) atoms. The molecule has 0 aliphatic carbocycles. The number of hydrogen-bond acceptors (Lipinski definition) is 7. The molecule has 0 N–H and O–H groups in total. The van der Waals surface area contributed by atoms with E-state index in [-0.39, 0.29) is 5.91 Å². The van der Waals surface area contributed by atoms with Crippen molar-refractivity contribution in [2.75, 3.05) is 58.3 Å². The Hall–Kier alpha value is -3.28. The molecule has 1 aliphatic heterocycles. The zero-order valence-electron chi connectivity index (χ0n) is 18.8. The first-order chi connectivity index (χ1) is 16.0. The van der Waals surface area contributed by atoms with Gasteiger partial charge < -0.3 is 23.9 Å². The number of nitriles is 1. The highest BCUT2D eigenvalue weighted by Gasteiger charge is 2.28. The van der Waals surface area contributed by atoms with Crippen LogP contribution in [0.1, 0.15) is 22.5 Å². The zero-order chi connectivity index (χ0) is 23.4. The van der Waals surface area contributed by atoms with Gasteiger partial charge in [0.25, 0.3) is 5.91 Å². The summed E-state index contributed by atoms with van der Waals surface area (Å²) in [7, 11) is 4.01. The summed E-state index contributed by atoms with van der Waals surface area (Å²) in [5, 5.41) is 11.4. The molecule has 0 bridgehead atoms. The largest absolute Gasteiger partial charge is 0.477 e. The number of aromatic nitrogens is 1. The predicted octanol–water partition coefficient (Wildman–Crippen LogP) is 3.65. The van der Waals surface area contributed by atoms with Crippen molar-refractivity contribution in [2.24, 2.45) is 0 Å². The summed E-state index contributed by atoms with van der Waals surface area (Å²) in [6.07, 6.45) is 2.32. The summed E-state index contributed by atoms with van der Waals surface area (Å²) in [6.45, 7) is 3.48. The molecule has 9 heteroatoms. The van der Waals surface area contributed by atoms with E-state index in [9.17, 15) is 10.1 Å². The van der Waals surface area contributed by atoms with Gasteiger partial charge in [-0.3, -0.25) is 4.79 Å². The van der Waals surface area contributed by atoms with Crippen LogP contribution in [0, 0.1) is 11.3 Å². The van der Waals surface area contributed by atoms with Gasteiger partial charge in [-0.15, -0.1) is 0 Å². The molecule has 3 heterocycles. The Morgan fingerprint density at radius 3 is 2.73 bits per heavy atom. The summed E-state index contributed by atoms with van der Waals surface area (Å²) < 4.78 is 11.2. The van der Waals surface area contributed by atoms with Gasteiger partial charge in [-0.2, -0.15) is 5.26 Å². The maximum Gasteiger partial charge on any atom is 0.289 e. The number of halogens is 1. The number of amides is 1. The number of rotatable bonds is 7. The standard InChI is InChI=1S/C24H26ClN5O3/c1-28(2)8-4-14-33-23-19(16-26)22(18-15-17(25)6-7-20(18)27-23)29-9-11-30(12-10-29)24(31)21-5-3-13-32-21/h3,5-7,13,15H,4,8-12,14H2,1-2H3. The minimum absolute atomic E-state index is 0.132. The first-order valence-electron chi connectivity index (χ1n) is 10.9. The maximum atomic E-state index is 12.6. The summed E-state index contributed by atoms with van der Waals surface area (Å²) in [6, 6.07) is 11.1. The van der Waals surface area contributed by atoms with E-state index in [2.05, 4.69) is 20.9 Å². The normalized spacial score (nSPS) is 14.0. The Bertz CT molecular complexity index is 1170. The highest BCUT2D eigenvalue weighted by molar-refractivity contribution is 6.31. The Morgan fingerprint density at radius 2 is 2.06 bits per heavy atom. The van der Waals surface area contributed by atoms with Gasteiger partial charge in [0.1, 0.15) is 11.6 Å². The van der Waals surface area contributed by atoms with Crippen molar-refractivity contribution in [3.8, 4) is 11.9 Å². The lowest BCUT2D eigenvalue weighted by Crippen LogP contribution is -2.49. The van der Waals surface area contributed by atoms with E-state index in [1.165, 1.54) is 6.26 Å². The molecule has 0 saturated carbocycles. The van der Waals surface area contributed by atoms with Gasteiger partial charge >= 0.3 is 0 Å². The number of carbonyl (C=O) groups excluding carboxylic acids is 1. The number of hydrogen-bond donors (Lipinski definition) is 0. The molecule has 4 rings (SSSR count). The second-order valence-corrected chi connectivity index (χ2v) is 8.61. The third-order valence-electron chi connectivity index (χ3n) is 5.60. The maximum absolute atomic E-state index is 12.6. The van der Waals surface area contributed by atoms with Gasteiger partial charge in [-0.1, -0.05) is 11.6 Å². The third-order valence-corrected chi connectivity index (χ3v) is 5.84. The Labute approximate surface area is 197 Å². The number of anilines is 1. The topological polar surface area (TPSA) is 85.8 Å². The van der Waals surface area contributed by atoms with Crippen molar-refractivity contribution >= 4 is 34.1 Å². The van der Waals surface area contributed by atoms with Crippen LogP contribution in [0.15, 0.2) is 41.0 Å². The molecule has 172 valence electrons. The number of ether oxygens (including phenoxy) is 1. The van der Waals surface area contributed by atoms with E-state index in [1.54, 1.807) is 23.1 Å². The number of piperazine rings is 1. The molecule has 1 aromatic carbocycles. The van der Waals surface area contributed by atoms with Crippen molar-refractivity contribution in [2.45, 2.75) is 6.42 Å². The van der Waals surface area contributed by atoms with Gasteiger partial charge in [0.05, 0.1) is 24.1 Å². The first-order valence-corrected chi connectivity index (χ1v) is 11.2. The summed E-state index contributed by atoms with van der Waals surface area (Å²) in [5.41, 5.74) is 1.85. The molecular formula is C24H26ClN5O3. The molecule has 0 radical (unpaired) electrons. The number of carbonyl (C=O) groups is 1. The number of pyridine rings is 1. The molecule has 1 fully saturated rings. The van der Waals surface area contributed by atoms with Gasteiger partial charge in [-0.05, 0) is 50.8 Å². The highest BCUT2D eigenvalue weighted by atomic mass is 35.5. The van der Waals surface area contributed by atoms with Crippen LogP contribution in [0.3, 0.4) is 0 Å². The number of nitrogens with zero attached hydrogens (tertiary/aromatic N) is 5. The third kappa shape index (κ3) is 5.05. The molecule has 8 nitrogen and oxygen atoms in total. The first kappa shape index (κ1) is 22.9. The number of benzene rings is 1. The van der Waals surface area contributed by atoms with Gasteiger partial charge in [-0.25, -0.2) is 4.98 Å². The Morgan fingerprint density at radius 1 is 1.27 bits per heavy atom. The number of fused-ring (bicyclic) bond motifs is 1. The summed E-state index contributed by atoms with van der Waals surface area (Å²) >= 11 is 6.29. The van der Waals surface area contributed by atoms with Crippen LogP contribution in [0.2, 0.25) is 5.02 Å². The zero-order valence-corrected chi connectivity index (χ0v) is 19.5. The fourth-order valence-electron chi connectivity index (χ4n) is 3.97. The predicted molar refractivity (Wildman–Crippen MR) is 127 cm³/mol. The Balaban J connectivity index is 1.62. The lowest BCUT2D eigenvalue weighted by Gasteiger charge is -2.36. The summed E-state index contributed by atoms with van der Waals surface area (Å²) in [5.74, 6) is 0.526. The van der Waals surface area contributed by atoms with Gasteiger partial charge in [0.2, 0.25) is 5.88 Å². The van der Waals surface area contributed by atoms with Crippen molar-refractivity contribution in [1.82, 2.24) is 14.8 Å². The smallest absolute Gasteiger partial charge is 0.289 e.